The molecule has 0 unspecified atom stereocenters. The molecule has 0 fully saturated rings. The molecule has 0 atom stereocenters. The first-order chi connectivity index (χ1) is 10.1. The van der Waals surface area contributed by atoms with Crippen LogP contribution in [0.4, 0.5) is 0 Å². The summed E-state index contributed by atoms with van der Waals surface area (Å²) in [5.74, 6) is 0. The van der Waals surface area contributed by atoms with Crippen molar-refractivity contribution in [3.05, 3.63) is 70.7 Å². The SMILES string of the molecule is O=S(=O)(N/N=C/C(Br)=C/c1ccccc1)c1ccccc1. The number of hydrazone groups is 1. The second-order valence-corrected chi connectivity index (χ2v) is 6.68. The summed E-state index contributed by atoms with van der Waals surface area (Å²) in [6, 6.07) is 17.7. The predicted molar refractivity (Wildman–Crippen MR) is 88.6 cm³/mol. The highest BCUT2D eigenvalue weighted by Crippen LogP contribution is 2.10. The molecule has 21 heavy (non-hydrogen) atoms. The van der Waals surface area contributed by atoms with Gasteiger partial charge in [-0.05, 0) is 39.7 Å². The molecule has 0 aliphatic carbocycles. The Morgan fingerprint density at radius 3 is 2.19 bits per heavy atom. The second-order valence-electron chi connectivity index (χ2n) is 4.11. The molecule has 0 amide bonds. The first-order valence-corrected chi connectivity index (χ1v) is 8.38. The Morgan fingerprint density at radius 2 is 1.57 bits per heavy atom. The fraction of sp³-hybridized carbons (Fsp3) is 0. The van der Waals surface area contributed by atoms with Crippen molar-refractivity contribution in [3.8, 4) is 0 Å². The summed E-state index contributed by atoms with van der Waals surface area (Å²) in [5, 5.41) is 3.74. The van der Waals surface area contributed by atoms with Crippen molar-refractivity contribution in [2.45, 2.75) is 4.90 Å². The van der Waals surface area contributed by atoms with Crippen molar-refractivity contribution in [3.63, 3.8) is 0 Å². The van der Waals surface area contributed by atoms with Gasteiger partial charge in [-0.3, -0.25) is 0 Å². The first kappa shape index (κ1) is 15.5. The molecular weight excluding hydrogens is 352 g/mol. The van der Waals surface area contributed by atoms with Gasteiger partial charge in [0, 0.05) is 4.48 Å². The lowest BCUT2D eigenvalue weighted by molar-refractivity contribution is 0.584. The molecule has 2 aromatic carbocycles. The average molecular weight is 365 g/mol. The molecule has 0 heterocycles. The van der Waals surface area contributed by atoms with Crippen LogP contribution in [0.15, 0.2) is 75.1 Å². The van der Waals surface area contributed by atoms with Gasteiger partial charge >= 0.3 is 0 Å². The van der Waals surface area contributed by atoms with E-state index in [1.807, 2.05) is 36.4 Å². The highest BCUT2D eigenvalue weighted by molar-refractivity contribution is 9.12. The van der Waals surface area contributed by atoms with Gasteiger partial charge in [0.1, 0.15) is 0 Å². The number of nitrogens with zero attached hydrogens (tertiary/aromatic N) is 1. The maximum absolute atomic E-state index is 11.9. The van der Waals surface area contributed by atoms with Crippen LogP contribution in [-0.4, -0.2) is 14.6 Å². The molecule has 1 N–H and O–H groups in total. The number of hydrogen-bond donors (Lipinski definition) is 1. The third-order valence-electron chi connectivity index (χ3n) is 2.52. The Balaban J connectivity index is 2.04. The maximum atomic E-state index is 11.9. The van der Waals surface area contributed by atoms with Crippen molar-refractivity contribution in [1.29, 1.82) is 0 Å². The molecule has 0 saturated heterocycles. The van der Waals surface area contributed by atoms with Crippen LogP contribution in [0.5, 0.6) is 0 Å². The minimum Gasteiger partial charge on any atom is -0.200 e. The van der Waals surface area contributed by atoms with Gasteiger partial charge in [-0.2, -0.15) is 13.5 Å². The Morgan fingerprint density at radius 1 is 1.00 bits per heavy atom. The van der Waals surface area contributed by atoms with Crippen molar-refractivity contribution in [2.75, 3.05) is 0 Å². The fourth-order valence-corrected chi connectivity index (χ4v) is 2.73. The Bertz CT molecular complexity index is 742. The van der Waals surface area contributed by atoms with Gasteiger partial charge in [-0.15, -0.1) is 0 Å². The number of nitrogens with one attached hydrogen (secondary N) is 1. The molecule has 0 aliphatic rings. The van der Waals surface area contributed by atoms with Gasteiger partial charge in [0.25, 0.3) is 10.0 Å². The standard InChI is InChI=1S/C15H13BrN2O2S/c16-14(11-13-7-3-1-4-8-13)12-17-18-21(19,20)15-9-5-2-6-10-15/h1-12,18H/b14-11-,17-12+. The zero-order valence-electron chi connectivity index (χ0n) is 11.0. The largest absolute Gasteiger partial charge is 0.276 e. The Hall–Kier alpha value is -1.92. The van der Waals surface area contributed by atoms with E-state index in [9.17, 15) is 8.42 Å². The topological polar surface area (TPSA) is 58.5 Å². The summed E-state index contributed by atoms with van der Waals surface area (Å²) in [6.07, 6.45) is 3.23. The van der Waals surface area contributed by atoms with Crippen LogP contribution < -0.4 is 4.83 Å². The molecular formula is C15H13BrN2O2S. The highest BCUT2D eigenvalue weighted by Gasteiger charge is 2.10. The smallest absolute Gasteiger partial charge is 0.200 e. The lowest BCUT2D eigenvalue weighted by atomic mass is 10.2. The van der Waals surface area contributed by atoms with E-state index in [4.69, 9.17) is 0 Å². The highest BCUT2D eigenvalue weighted by atomic mass is 79.9. The molecule has 0 aliphatic heterocycles. The minimum absolute atomic E-state index is 0.172. The summed E-state index contributed by atoms with van der Waals surface area (Å²) in [7, 11) is -3.62. The molecule has 0 saturated carbocycles. The average Bonchev–Trinajstić information content (AvgIpc) is 2.49. The first-order valence-electron chi connectivity index (χ1n) is 6.10. The molecule has 2 rings (SSSR count). The van der Waals surface area contributed by atoms with Crippen LogP contribution in [0.1, 0.15) is 5.56 Å². The Labute approximate surface area is 132 Å². The van der Waals surface area contributed by atoms with E-state index >= 15 is 0 Å². The normalized spacial score (nSPS) is 12.5. The van der Waals surface area contributed by atoms with E-state index < -0.39 is 10.0 Å². The van der Waals surface area contributed by atoms with E-state index in [-0.39, 0.29) is 4.90 Å². The lowest BCUT2D eigenvalue weighted by Gasteiger charge is -2.02. The Kier molecular flexibility index (Phi) is 5.30. The van der Waals surface area contributed by atoms with Gasteiger partial charge < -0.3 is 0 Å². The summed E-state index contributed by atoms with van der Waals surface area (Å²) >= 11 is 3.32. The van der Waals surface area contributed by atoms with Crippen molar-refractivity contribution in [2.24, 2.45) is 5.10 Å². The van der Waals surface area contributed by atoms with Crippen molar-refractivity contribution in [1.82, 2.24) is 4.83 Å². The van der Waals surface area contributed by atoms with Crippen LogP contribution in [0.2, 0.25) is 0 Å². The van der Waals surface area contributed by atoms with E-state index in [0.29, 0.717) is 4.48 Å². The number of benzene rings is 2. The number of rotatable bonds is 5. The third kappa shape index (κ3) is 4.84. The molecule has 0 aromatic heterocycles. The molecule has 0 spiro atoms. The molecule has 0 bridgehead atoms. The van der Waals surface area contributed by atoms with E-state index in [2.05, 4.69) is 25.9 Å². The zero-order chi connectivity index (χ0) is 15.1. The van der Waals surface area contributed by atoms with E-state index in [1.165, 1.54) is 18.3 Å². The van der Waals surface area contributed by atoms with Crippen LogP contribution in [0, 0.1) is 0 Å². The third-order valence-corrected chi connectivity index (χ3v) is 4.19. The molecule has 108 valence electrons. The van der Waals surface area contributed by atoms with Gasteiger partial charge in [0.15, 0.2) is 0 Å². The number of halogens is 1. The number of sulfonamides is 1. The molecule has 4 nitrogen and oxygen atoms in total. The monoisotopic (exact) mass is 364 g/mol. The van der Waals surface area contributed by atoms with Crippen LogP contribution in [-0.2, 0) is 10.0 Å². The molecule has 6 heteroatoms. The summed E-state index contributed by atoms with van der Waals surface area (Å²) in [5.41, 5.74) is 0.988. The van der Waals surface area contributed by atoms with Crippen LogP contribution >= 0.6 is 15.9 Å². The zero-order valence-corrected chi connectivity index (χ0v) is 13.4. The van der Waals surface area contributed by atoms with Gasteiger partial charge in [0.2, 0.25) is 0 Å². The van der Waals surface area contributed by atoms with Crippen molar-refractivity contribution < 1.29 is 8.42 Å². The molecule has 0 radical (unpaired) electrons. The predicted octanol–water partition coefficient (Wildman–Crippen LogP) is 3.39. The summed E-state index contributed by atoms with van der Waals surface area (Å²) < 4.78 is 24.5. The van der Waals surface area contributed by atoms with Crippen molar-refractivity contribution >= 4 is 38.2 Å². The van der Waals surface area contributed by atoms with E-state index in [1.54, 1.807) is 18.2 Å². The van der Waals surface area contributed by atoms with E-state index in [0.717, 1.165) is 5.56 Å². The lowest BCUT2D eigenvalue weighted by Crippen LogP contribution is -2.18. The quantitative estimate of drug-likeness (QED) is 0.652. The summed E-state index contributed by atoms with van der Waals surface area (Å²) in [4.78, 5) is 2.33. The van der Waals surface area contributed by atoms with Crippen LogP contribution in [0.3, 0.4) is 0 Å². The number of allylic oxidation sites excluding steroid dienone is 1. The molecule has 2 aromatic rings. The van der Waals surface area contributed by atoms with Gasteiger partial charge in [0.05, 0.1) is 11.1 Å². The number of hydrogen-bond acceptors (Lipinski definition) is 3. The fourth-order valence-electron chi connectivity index (χ4n) is 1.56. The van der Waals surface area contributed by atoms with Gasteiger partial charge in [-0.1, -0.05) is 48.5 Å². The summed E-state index contributed by atoms with van der Waals surface area (Å²) in [6.45, 7) is 0. The maximum Gasteiger partial charge on any atom is 0.276 e. The second kappa shape index (κ2) is 7.19. The van der Waals surface area contributed by atoms with Gasteiger partial charge in [-0.25, -0.2) is 4.83 Å². The minimum atomic E-state index is -3.62. The van der Waals surface area contributed by atoms with Crippen LogP contribution in [0.25, 0.3) is 6.08 Å².